The molecular formula is C9H9N3O3S. The van der Waals surface area contributed by atoms with Crippen LogP contribution in [0.4, 0.5) is 0 Å². The van der Waals surface area contributed by atoms with Gasteiger partial charge in [0.1, 0.15) is 12.0 Å². The van der Waals surface area contributed by atoms with Crippen molar-refractivity contribution in [3.63, 3.8) is 0 Å². The second-order valence-electron chi connectivity index (χ2n) is 3.01. The molecule has 0 saturated heterocycles. The molecule has 0 atom stereocenters. The summed E-state index contributed by atoms with van der Waals surface area (Å²) in [6.07, 6.45) is 4.90. The number of carbonyl (C=O) groups is 1. The van der Waals surface area contributed by atoms with Gasteiger partial charge in [-0.1, -0.05) is 16.9 Å². The number of rotatable bonds is 5. The fourth-order valence-electron chi connectivity index (χ4n) is 1.18. The normalized spacial score (nSPS) is 10.5. The lowest BCUT2D eigenvalue weighted by molar-refractivity contribution is -0.133. The number of aromatic nitrogens is 3. The standard InChI is InChI=1S/C9H9N3O3S/c13-8(14)6-16-9-10-2-3-12(9)5-7-1-4-15-11-7/h1-4H,5-6H2,(H,13,14). The summed E-state index contributed by atoms with van der Waals surface area (Å²) in [6, 6.07) is 1.76. The Balaban J connectivity index is 2.04. The summed E-state index contributed by atoms with van der Waals surface area (Å²) in [7, 11) is 0. The number of carboxylic acids is 1. The van der Waals surface area contributed by atoms with Crippen LogP contribution in [0.5, 0.6) is 0 Å². The van der Waals surface area contributed by atoms with Crippen LogP contribution in [-0.2, 0) is 11.3 Å². The number of carboxylic acid groups (broad SMARTS) is 1. The van der Waals surface area contributed by atoms with E-state index < -0.39 is 5.97 Å². The van der Waals surface area contributed by atoms with Crippen LogP contribution < -0.4 is 0 Å². The molecule has 2 aromatic rings. The van der Waals surface area contributed by atoms with E-state index in [1.807, 2.05) is 4.57 Å². The van der Waals surface area contributed by atoms with Crippen molar-refractivity contribution in [2.45, 2.75) is 11.7 Å². The highest BCUT2D eigenvalue weighted by Crippen LogP contribution is 2.16. The van der Waals surface area contributed by atoms with E-state index in [9.17, 15) is 4.79 Å². The van der Waals surface area contributed by atoms with Crippen molar-refractivity contribution in [2.75, 3.05) is 5.75 Å². The second-order valence-corrected chi connectivity index (χ2v) is 3.95. The van der Waals surface area contributed by atoms with Gasteiger partial charge in [0.05, 0.1) is 12.3 Å². The van der Waals surface area contributed by atoms with Gasteiger partial charge < -0.3 is 14.2 Å². The van der Waals surface area contributed by atoms with Gasteiger partial charge in [-0.05, 0) is 0 Å². The molecule has 2 heterocycles. The maximum Gasteiger partial charge on any atom is 0.313 e. The van der Waals surface area contributed by atoms with Crippen LogP contribution >= 0.6 is 11.8 Å². The summed E-state index contributed by atoms with van der Waals surface area (Å²) >= 11 is 1.18. The van der Waals surface area contributed by atoms with Crippen LogP contribution in [0.2, 0.25) is 0 Å². The first-order valence-corrected chi connectivity index (χ1v) is 5.49. The Morgan fingerprint density at radius 2 is 2.50 bits per heavy atom. The minimum Gasteiger partial charge on any atom is -0.481 e. The van der Waals surface area contributed by atoms with Crippen LogP contribution in [0.15, 0.2) is 34.4 Å². The Hall–Kier alpha value is -1.76. The average molecular weight is 239 g/mol. The highest BCUT2D eigenvalue weighted by molar-refractivity contribution is 7.99. The Bertz CT molecular complexity index is 466. The van der Waals surface area contributed by atoms with Gasteiger partial charge in [0.15, 0.2) is 5.16 Å². The first-order valence-electron chi connectivity index (χ1n) is 4.50. The molecule has 0 aromatic carbocycles. The molecular weight excluding hydrogens is 230 g/mol. The fourth-order valence-corrected chi connectivity index (χ4v) is 1.86. The predicted octanol–water partition coefficient (Wildman–Crippen LogP) is 1.10. The third-order valence-electron chi connectivity index (χ3n) is 1.83. The largest absolute Gasteiger partial charge is 0.481 e. The molecule has 0 saturated carbocycles. The van der Waals surface area contributed by atoms with E-state index in [-0.39, 0.29) is 5.75 Å². The first-order chi connectivity index (χ1) is 7.75. The average Bonchev–Trinajstić information content (AvgIpc) is 2.87. The molecule has 0 fully saturated rings. The van der Waals surface area contributed by atoms with E-state index in [1.165, 1.54) is 18.0 Å². The van der Waals surface area contributed by atoms with Crippen molar-refractivity contribution in [1.82, 2.24) is 14.7 Å². The van der Waals surface area contributed by atoms with E-state index in [2.05, 4.69) is 10.1 Å². The number of imidazole rings is 1. The van der Waals surface area contributed by atoms with Gasteiger partial charge in [-0.15, -0.1) is 0 Å². The van der Waals surface area contributed by atoms with E-state index in [1.54, 1.807) is 18.5 Å². The maximum absolute atomic E-state index is 10.4. The molecule has 84 valence electrons. The van der Waals surface area contributed by atoms with Crippen LogP contribution in [0, 0.1) is 0 Å². The highest BCUT2D eigenvalue weighted by Gasteiger charge is 2.07. The molecule has 16 heavy (non-hydrogen) atoms. The summed E-state index contributed by atoms with van der Waals surface area (Å²) < 4.78 is 6.54. The highest BCUT2D eigenvalue weighted by atomic mass is 32.2. The van der Waals surface area contributed by atoms with Crippen molar-refractivity contribution in [3.8, 4) is 0 Å². The first kappa shape index (κ1) is 10.7. The summed E-state index contributed by atoms with van der Waals surface area (Å²) in [5.74, 6) is -0.864. The van der Waals surface area contributed by atoms with Crippen LogP contribution in [-0.4, -0.2) is 31.5 Å². The molecule has 0 aliphatic carbocycles. The topological polar surface area (TPSA) is 81.1 Å². The molecule has 0 bridgehead atoms. The zero-order valence-corrected chi connectivity index (χ0v) is 9.05. The Kier molecular flexibility index (Phi) is 3.25. The Morgan fingerprint density at radius 1 is 1.62 bits per heavy atom. The maximum atomic E-state index is 10.4. The molecule has 1 N–H and O–H groups in total. The van der Waals surface area contributed by atoms with Crippen LogP contribution in [0.1, 0.15) is 5.69 Å². The molecule has 0 unspecified atom stereocenters. The molecule has 2 rings (SSSR count). The molecule has 0 aliphatic rings. The zero-order valence-electron chi connectivity index (χ0n) is 8.24. The van der Waals surface area contributed by atoms with Gasteiger partial charge in [0.2, 0.25) is 0 Å². The van der Waals surface area contributed by atoms with Crippen molar-refractivity contribution in [2.24, 2.45) is 0 Å². The predicted molar refractivity (Wildman–Crippen MR) is 56.2 cm³/mol. The van der Waals surface area contributed by atoms with E-state index in [0.717, 1.165) is 5.69 Å². The summed E-state index contributed by atoms with van der Waals surface area (Å²) in [5, 5.41) is 13.0. The third-order valence-corrected chi connectivity index (χ3v) is 2.82. The summed E-state index contributed by atoms with van der Waals surface area (Å²) in [4.78, 5) is 14.5. The van der Waals surface area contributed by atoms with Crippen LogP contribution in [0.3, 0.4) is 0 Å². The number of nitrogens with zero attached hydrogens (tertiary/aromatic N) is 3. The van der Waals surface area contributed by atoms with E-state index in [4.69, 9.17) is 9.63 Å². The number of aliphatic carboxylic acids is 1. The van der Waals surface area contributed by atoms with Gasteiger partial charge in [0.25, 0.3) is 0 Å². The smallest absolute Gasteiger partial charge is 0.313 e. The van der Waals surface area contributed by atoms with E-state index >= 15 is 0 Å². The number of hydrogen-bond donors (Lipinski definition) is 1. The van der Waals surface area contributed by atoms with Gasteiger partial charge >= 0.3 is 5.97 Å². The SMILES string of the molecule is O=C(O)CSc1nccn1Cc1ccon1. The van der Waals surface area contributed by atoms with Gasteiger partial charge in [0, 0.05) is 18.5 Å². The van der Waals surface area contributed by atoms with Crippen molar-refractivity contribution < 1.29 is 14.4 Å². The summed E-state index contributed by atoms with van der Waals surface area (Å²) in [6.45, 7) is 0.526. The summed E-state index contributed by atoms with van der Waals surface area (Å²) in [5.41, 5.74) is 0.773. The monoisotopic (exact) mass is 239 g/mol. The minimum absolute atomic E-state index is 0.00414. The fraction of sp³-hybridized carbons (Fsp3) is 0.222. The molecule has 6 nitrogen and oxygen atoms in total. The quantitative estimate of drug-likeness (QED) is 0.787. The Labute approximate surface area is 95.3 Å². The molecule has 0 amide bonds. The van der Waals surface area contributed by atoms with Gasteiger partial charge in [-0.3, -0.25) is 4.79 Å². The van der Waals surface area contributed by atoms with Crippen molar-refractivity contribution in [1.29, 1.82) is 0 Å². The lowest BCUT2D eigenvalue weighted by Gasteiger charge is -2.03. The molecule has 0 aliphatic heterocycles. The lowest BCUT2D eigenvalue weighted by Crippen LogP contribution is -2.03. The molecule has 0 spiro atoms. The van der Waals surface area contributed by atoms with Crippen LogP contribution in [0.25, 0.3) is 0 Å². The third kappa shape index (κ3) is 2.63. The number of hydrogen-bond acceptors (Lipinski definition) is 5. The minimum atomic E-state index is -0.860. The van der Waals surface area contributed by atoms with Crippen molar-refractivity contribution >= 4 is 17.7 Å². The second kappa shape index (κ2) is 4.84. The lowest BCUT2D eigenvalue weighted by atomic mass is 10.4. The Morgan fingerprint density at radius 3 is 3.19 bits per heavy atom. The zero-order chi connectivity index (χ0) is 11.4. The van der Waals surface area contributed by atoms with Crippen molar-refractivity contribution in [3.05, 3.63) is 30.4 Å². The van der Waals surface area contributed by atoms with E-state index in [0.29, 0.717) is 11.7 Å². The molecule has 0 radical (unpaired) electrons. The molecule has 2 aromatic heterocycles. The molecule has 7 heteroatoms. The van der Waals surface area contributed by atoms with Gasteiger partial charge in [-0.25, -0.2) is 4.98 Å². The van der Waals surface area contributed by atoms with Gasteiger partial charge in [-0.2, -0.15) is 0 Å². The number of thioether (sulfide) groups is 1.